The maximum Gasteiger partial charge on any atom is 0.256 e. The van der Waals surface area contributed by atoms with Crippen molar-refractivity contribution in [3.63, 3.8) is 0 Å². The van der Waals surface area contributed by atoms with Crippen molar-refractivity contribution in [3.8, 4) is 0 Å². The molecule has 1 atom stereocenters. The molecule has 90 valence electrons. The van der Waals surface area contributed by atoms with Crippen LogP contribution in [0.1, 0.15) is 12.5 Å². The third-order valence-electron chi connectivity index (χ3n) is 2.75. The van der Waals surface area contributed by atoms with Gasteiger partial charge in [0, 0.05) is 17.1 Å². The number of aliphatic imine (C=N–C) groups is 1. The Morgan fingerprint density at radius 1 is 1.47 bits per heavy atom. The lowest BCUT2D eigenvalue weighted by atomic mass is 9.92. The van der Waals surface area contributed by atoms with E-state index in [-0.39, 0.29) is 11.5 Å². The van der Waals surface area contributed by atoms with Crippen molar-refractivity contribution in [2.24, 2.45) is 4.99 Å². The van der Waals surface area contributed by atoms with Crippen molar-refractivity contribution in [3.05, 3.63) is 34.1 Å². The molecule has 1 saturated heterocycles. The molecule has 0 saturated carbocycles. The van der Waals surface area contributed by atoms with Crippen LogP contribution in [0.3, 0.4) is 0 Å². The number of carbonyl (C=O) groups is 1. The van der Waals surface area contributed by atoms with Gasteiger partial charge in [0.1, 0.15) is 11.4 Å². The largest absolute Gasteiger partial charge is 0.338 e. The number of hydrogen-bond donors (Lipinski definition) is 2. The van der Waals surface area contributed by atoms with E-state index < -0.39 is 11.4 Å². The van der Waals surface area contributed by atoms with Crippen molar-refractivity contribution >= 4 is 27.8 Å². The Morgan fingerprint density at radius 3 is 2.71 bits per heavy atom. The van der Waals surface area contributed by atoms with Gasteiger partial charge in [-0.25, -0.2) is 4.39 Å². The second kappa shape index (κ2) is 4.10. The SMILES string of the molecule is CN=C1NC(=O)C(C)(c2ccc(Br)cc2F)N1. The Bertz CT molecular complexity index is 517. The standard InChI is InChI=1S/C11H11BrFN3O/c1-11(9(17)15-10(14-2)16-11)7-4-3-6(12)5-8(7)13/h3-5H,1-2H3,(H2,14,15,16,17). The molecule has 0 radical (unpaired) electrons. The Kier molecular flexibility index (Phi) is 2.91. The van der Waals surface area contributed by atoms with Crippen LogP contribution in [0.25, 0.3) is 0 Å². The monoisotopic (exact) mass is 299 g/mol. The summed E-state index contributed by atoms with van der Waals surface area (Å²) in [6, 6.07) is 4.60. The first-order chi connectivity index (χ1) is 7.97. The van der Waals surface area contributed by atoms with Crippen molar-refractivity contribution in [2.45, 2.75) is 12.5 Å². The van der Waals surface area contributed by atoms with Crippen LogP contribution < -0.4 is 10.6 Å². The fraction of sp³-hybridized carbons (Fsp3) is 0.273. The Morgan fingerprint density at radius 2 is 2.18 bits per heavy atom. The van der Waals surface area contributed by atoms with Gasteiger partial charge in [-0.3, -0.25) is 15.1 Å². The number of hydrogen-bond acceptors (Lipinski definition) is 2. The average molecular weight is 300 g/mol. The molecule has 0 aromatic heterocycles. The third-order valence-corrected chi connectivity index (χ3v) is 3.24. The number of carbonyl (C=O) groups excluding carboxylic acids is 1. The van der Waals surface area contributed by atoms with Gasteiger partial charge in [-0.2, -0.15) is 0 Å². The van der Waals surface area contributed by atoms with Crippen LogP contribution in [0.2, 0.25) is 0 Å². The number of guanidine groups is 1. The van der Waals surface area contributed by atoms with E-state index in [0.29, 0.717) is 10.4 Å². The van der Waals surface area contributed by atoms with Crippen LogP contribution in [0, 0.1) is 5.82 Å². The predicted octanol–water partition coefficient (Wildman–Crippen LogP) is 1.51. The maximum absolute atomic E-state index is 13.9. The molecule has 1 heterocycles. The number of rotatable bonds is 1. The van der Waals surface area contributed by atoms with Gasteiger partial charge >= 0.3 is 0 Å². The van der Waals surface area contributed by atoms with Gasteiger partial charge in [0.2, 0.25) is 0 Å². The van der Waals surface area contributed by atoms with E-state index in [1.54, 1.807) is 26.1 Å². The number of nitrogens with one attached hydrogen (secondary N) is 2. The highest BCUT2D eigenvalue weighted by Gasteiger charge is 2.43. The van der Waals surface area contributed by atoms with Gasteiger partial charge in [-0.1, -0.05) is 22.0 Å². The van der Waals surface area contributed by atoms with Crippen LogP contribution >= 0.6 is 15.9 Å². The number of amides is 1. The summed E-state index contributed by atoms with van der Waals surface area (Å²) in [5, 5.41) is 5.43. The molecule has 17 heavy (non-hydrogen) atoms. The molecule has 1 aromatic carbocycles. The molecule has 4 nitrogen and oxygen atoms in total. The molecule has 1 aliphatic heterocycles. The van der Waals surface area contributed by atoms with Crippen LogP contribution in [0.15, 0.2) is 27.7 Å². The van der Waals surface area contributed by atoms with Crippen molar-refractivity contribution in [1.29, 1.82) is 0 Å². The Labute approximate surface area is 106 Å². The highest BCUT2D eigenvalue weighted by molar-refractivity contribution is 9.10. The molecule has 2 N–H and O–H groups in total. The third kappa shape index (κ3) is 1.93. The molecule has 2 rings (SSSR count). The van der Waals surface area contributed by atoms with E-state index >= 15 is 0 Å². The fourth-order valence-electron chi connectivity index (χ4n) is 1.75. The Hall–Kier alpha value is -1.43. The normalized spacial score (nSPS) is 25.9. The molecule has 0 bridgehead atoms. The summed E-state index contributed by atoms with van der Waals surface area (Å²) in [6.07, 6.45) is 0. The summed E-state index contributed by atoms with van der Waals surface area (Å²) in [5.41, 5.74) is -0.837. The highest BCUT2D eigenvalue weighted by atomic mass is 79.9. The van der Waals surface area contributed by atoms with Gasteiger partial charge < -0.3 is 5.32 Å². The summed E-state index contributed by atoms with van der Waals surface area (Å²) in [6.45, 7) is 1.62. The van der Waals surface area contributed by atoms with Crippen LogP contribution in [-0.2, 0) is 10.3 Å². The van der Waals surface area contributed by atoms with Gasteiger partial charge in [0.15, 0.2) is 5.96 Å². The quantitative estimate of drug-likeness (QED) is 0.826. The molecule has 1 fully saturated rings. The fourth-order valence-corrected chi connectivity index (χ4v) is 2.09. The summed E-state index contributed by atoms with van der Waals surface area (Å²) < 4.78 is 14.5. The molecule has 1 unspecified atom stereocenters. The highest BCUT2D eigenvalue weighted by Crippen LogP contribution is 2.28. The summed E-state index contributed by atoms with van der Waals surface area (Å²) >= 11 is 3.18. The number of nitrogens with zero attached hydrogens (tertiary/aromatic N) is 1. The summed E-state index contributed by atoms with van der Waals surface area (Å²) in [5.74, 6) is -0.416. The molecular formula is C11H11BrFN3O. The zero-order valence-electron chi connectivity index (χ0n) is 9.34. The van der Waals surface area contributed by atoms with E-state index in [2.05, 4.69) is 31.6 Å². The first-order valence-electron chi connectivity index (χ1n) is 4.99. The van der Waals surface area contributed by atoms with Gasteiger partial charge in [-0.15, -0.1) is 0 Å². The van der Waals surface area contributed by atoms with Crippen molar-refractivity contribution < 1.29 is 9.18 Å². The van der Waals surface area contributed by atoms with Crippen molar-refractivity contribution in [1.82, 2.24) is 10.6 Å². The van der Waals surface area contributed by atoms with Gasteiger partial charge in [0.05, 0.1) is 0 Å². The van der Waals surface area contributed by atoms with Crippen LogP contribution in [-0.4, -0.2) is 18.9 Å². The van der Waals surface area contributed by atoms with Crippen molar-refractivity contribution in [2.75, 3.05) is 7.05 Å². The lowest BCUT2D eigenvalue weighted by Crippen LogP contribution is -2.41. The minimum atomic E-state index is -1.13. The van der Waals surface area contributed by atoms with E-state index in [9.17, 15) is 9.18 Å². The Balaban J connectivity index is 2.49. The molecule has 6 heteroatoms. The summed E-state index contributed by atoms with van der Waals surface area (Å²) in [7, 11) is 1.55. The van der Waals surface area contributed by atoms with E-state index in [1.165, 1.54) is 6.07 Å². The van der Waals surface area contributed by atoms with Crippen LogP contribution in [0.5, 0.6) is 0 Å². The maximum atomic E-state index is 13.9. The number of halogens is 2. The molecular weight excluding hydrogens is 289 g/mol. The van der Waals surface area contributed by atoms with Gasteiger partial charge in [-0.05, 0) is 19.1 Å². The van der Waals surface area contributed by atoms with Crippen LogP contribution in [0.4, 0.5) is 4.39 Å². The van der Waals surface area contributed by atoms with E-state index in [0.717, 1.165) is 0 Å². The summed E-state index contributed by atoms with van der Waals surface area (Å²) in [4.78, 5) is 15.7. The zero-order valence-corrected chi connectivity index (χ0v) is 10.9. The topological polar surface area (TPSA) is 53.5 Å². The zero-order chi connectivity index (χ0) is 12.6. The molecule has 0 spiro atoms. The second-order valence-corrected chi connectivity index (χ2v) is 4.82. The second-order valence-electron chi connectivity index (χ2n) is 3.90. The minimum Gasteiger partial charge on any atom is -0.338 e. The van der Waals surface area contributed by atoms with Gasteiger partial charge in [0.25, 0.3) is 5.91 Å². The minimum absolute atomic E-state index is 0.289. The lowest BCUT2D eigenvalue weighted by Gasteiger charge is -2.22. The predicted molar refractivity (Wildman–Crippen MR) is 66.1 cm³/mol. The molecule has 1 amide bonds. The van der Waals surface area contributed by atoms with E-state index in [4.69, 9.17) is 0 Å². The first-order valence-corrected chi connectivity index (χ1v) is 5.78. The molecule has 1 aromatic rings. The smallest absolute Gasteiger partial charge is 0.256 e. The first kappa shape index (κ1) is 12.0. The van der Waals surface area contributed by atoms with E-state index in [1.807, 2.05) is 0 Å². The lowest BCUT2D eigenvalue weighted by molar-refractivity contribution is -0.123. The molecule has 1 aliphatic rings. The average Bonchev–Trinajstić information content (AvgIpc) is 2.55. The number of benzene rings is 1. The molecule has 0 aliphatic carbocycles.